The Morgan fingerprint density at radius 1 is 0.179 bits per heavy atom. The second-order valence-electron chi connectivity index (χ2n) is 22.3. The molecular weight excluding hydrogens is 1080 g/mol. The molecule has 0 amide bonds. The van der Waals surface area contributed by atoms with E-state index in [0.717, 1.165) is 33.8 Å². The zero-order valence-electron chi connectivity index (χ0n) is 45.0. The van der Waals surface area contributed by atoms with Crippen molar-refractivity contribution in [3.63, 3.8) is 0 Å². The van der Waals surface area contributed by atoms with Crippen molar-refractivity contribution in [1.82, 2.24) is 13.7 Å². The van der Waals surface area contributed by atoms with Crippen molar-refractivity contribution in [3.05, 3.63) is 273 Å². The van der Waals surface area contributed by atoms with E-state index in [-0.39, 0.29) is 0 Å². The molecule has 0 bridgehead atoms. The Kier molecular flexibility index (Phi) is 9.81. The van der Waals surface area contributed by atoms with Gasteiger partial charge in [-0.25, -0.2) is 0 Å². The number of nitrogens with zero attached hydrogens (tertiary/aromatic N) is 3. The molecule has 0 aliphatic heterocycles. The van der Waals surface area contributed by atoms with E-state index in [0.29, 0.717) is 0 Å². The number of benzene rings is 13. The van der Waals surface area contributed by atoms with Crippen LogP contribution in [-0.4, -0.2) is 13.7 Å². The monoisotopic (exact) mass is 1120 g/mol. The summed E-state index contributed by atoms with van der Waals surface area (Å²) in [5.41, 5.74) is 17.7. The van der Waals surface area contributed by atoms with Gasteiger partial charge in [0.05, 0.1) is 33.1 Å². The van der Waals surface area contributed by atoms with Gasteiger partial charge in [0.15, 0.2) is 0 Å². The van der Waals surface area contributed by atoms with Gasteiger partial charge in [0.2, 0.25) is 0 Å². The average molecular weight is 1120 g/mol. The van der Waals surface area contributed by atoms with Crippen molar-refractivity contribution in [2.75, 3.05) is 0 Å². The predicted molar refractivity (Wildman–Crippen MR) is 364 cm³/mol. The Morgan fingerprint density at radius 2 is 0.440 bits per heavy atom. The third kappa shape index (κ3) is 6.67. The van der Waals surface area contributed by atoms with Crippen LogP contribution in [0.15, 0.2) is 273 Å². The second kappa shape index (κ2) is 17.7. The summed E-state index contributed by atoms with van der Waals surface area (Å²) in [6.45, 7) is 0. The van der Waals surface area contributed by atoms with Crippen LogP contribution in [0.1, 0.15) is 0 Å². The maximum Gasteiger partial charge on any atom is 0.0548 e. The number of rotatable bonds is 6. The summed E-state index contributed by atoms with van der Waals surface area (Å²) in [6, 6.07) is 102. The highest BCUT2D eigenvalue weighted by Crippen LogP contribution is 2.48. The van der Waals surface area contributed by atoms with Gasteiger partial charge < -0.3 is 13.7 Å². The molecule has 3 nitrogen and oxygen atoms in total. The van der Waals surface area contributed by atoms with Gasteiger partial charge in [-0.05, 0) is 161 Å². The smallest absolute Gasteiger partial charge is 0.0548 e. The van der Waals surface area contributed by atoms with Crippen molar-refractivity contribution in [2.24, 2.45) is 0 Å². The van der Waals surface area contributed by atoms with Gasteiger partial charge in [0, 0.05) is 110 Å². The molecule has 6 heterocycles. The molecule has 0 saturated heterocycles. The summed E-state index contributed by atoms with van der Waals surface area (Å²) < 4.78 is 15.3. The Labute approximate surface area is 493 Å². The highest BCUT2D eigenvalue weighted by Gasteiger charge is 2.22. The fourth-order valence-corrected chi connectivity index (χ4v) is 17.5. The van der Waals surface area contributed by atoms with E-state index in [9.17, 15) is 0 Å². The summed E-state index contributed by atoms with van der Waals surface area (Å²) >= 11 is 5.64. The molecule has 19 aromatic rings. The van der Waals surface area contributed by atoms with Crippen LogP contribution in [0.4, 0.5) is 0 Å². The Bertz CT molecular complexity index is 5370. The van der Waals surface area contributed by atoms with Crippen molar-refractivity contribution < 1.29 is 0 Å². The maximum absolute atomic E-state index is 2.45. The summed E-state index contributed by atoms with van der Waals surface area (Å²) in [4.78, 5) is 0. The van der Waals surface area contributed by atoms with Gasteiger partial charge >= 0.3 is 0 Å². The molecule has 0 saturated carbocycles. The van der Waals surface area contributed by atoms with Crippen LogP contribution < -0.4 is 0 Å². The lowest BCUT2D eigenvalue weighted by Gasteiger charge is -2.14. The number of para-hydroxylation sites is 3. The first-order chi connectivity index (χ1) is 41.6. The molecular formula is C78H45N3S3. The number of hydrogen-bond acceptors (Lipinski definition) is 3. The van der Waals surface area contributed by atoms with E-state index in [1.165, 1.54) is 143 Å². The lowest BCUT2D eigenvalue weighted by molar-refractivity contribution is 1.18. The van der Waals surface area contributed by atoms with Crippen LogP contribution in [0.5, 0.6) is 0 Å². The van der Waals surface area contributed by atoms with Gasteiger partial charge in [-0.1, -0.05) is 146 Å². The molecule has 6 heteroatoms. The highest BCUT2D eigenvalue weighted by atomic mass is 32.1. The first kappa shape index (κ1) is 46.5. The Morgan fingerprint density at radius 3 is 0.738 bits per heavy atom. The third-order valence-electron chi connectivity index (χ3n) is 17.8. The van der Waals surface area contributed by atoms with Gasteiger partial charge in [-0.3, -0.25) is 0 Å². The summed E-state index contributed by atoms with van der Waals surface area (Å²) in [5, 5.41) is 15.8. The summed E-state index contributed by atoms with van der Waals surface area (Å²) in [7, 11) is 0. The normalized spacial score (nSPS) is 12.3. The average Bonchev–Trinajstić information content (AvgIpc) is 4.27. The van der Waals surface area contributed by atoms with Crippen LogP contribution in [0.2, 0.25) is 0 Å². The van der Waals surface area contributed by atoms with Gasteiger partial charge in [-0.2, -0.15) is 0 Å². The molecule has 0 atom stereocenters. The first-order valence-corrected chi connectivity index (χ1v) is 31.1. The van der Waals surface area contributed by atoms with Crippen LogP contribution in [0.25, 0.3) is 176 Å². The molecule has 0 fully saturated rings. The maximum atomic E-state index is 2.45. The quantitative estimate of drug-likeness (QED) is 0.158. The topological polar surface area (TPSA) is 14.8 Å². The molecule has 6 aromatic heterocycles. The van der Waals surface area contributed by atoms with Gasteiger partial charge in [0.1, 0.15) is 0 Å². The molecule has 0 aliphatic carbocycles. The minimum Gasteiger partial charge on any atom is -0.309 e. The van der Waals surface area contributed by atoms with E-state index in [1.54, 1.807) is 0 Å². The van der Waals surface area contributed by atoms with E-state index < -0.39 is 0 Å². The molecule has 19 rings (SSSR count). The lowest BCUT2D eigenvalue weighted by atomic mass is 9.93. The minimum atomic E-state index is 1.14. The van der Waals surface area contributed by atoms with Crippen molar-refractivity contribution in [1.29, 1.82) is 0 Å². The van der Waals surface area contributed by atoms with Crippen LogP contribution in [0.3, 0.4) is 0 Å². The number of hydrogen-bond donors (Lipinski definition) is 0. The molecule has 0 spiro atoms. The molecule has 13 aromatic carbocycles. The lowest BCUT2D eigenvalue weighted by Crippen LogP contribution is -1.95. The summed E-state index contributed by atoms with van der Waals surface area (Å²) in [6.07, 6.45) is 0. The zero-order chi connectivity index (χ0) is 54.7. The fourth-order valence-electron chi connectivity index (χ4n) is 14.2. The number of fused-ring (bicyclic) bond motifs is 21. The van der Waals surface area contributed by atoms with Crippen molar-refractivity contribution in [2.45, 2.75) is 0 Å². The molecule has 0 aliphatic rings. The molecule has 0 unspecified atom stereocenters. The first-order valence-electron chi connectivity index (χ1n) is 28.6. The van der Waals surface area contributed by atoms with E-state index in [4.69, 9.17) is 0 Å². The number of thiophene rings is 3. The standard InChI is InChI=1S/C78H45N3S3/c1-7-19-61-55(13-1)73-64(37-40-70-76(73)58-16-4-10-22-67(58)82-70)79(61)52-31-25-46(26-32-52)49-43-50(47-27-33-53(34-28-47)80-62-20-8-2-14-56(62)74-65(80)38-41-71-77(74)59-17-5-11-23-68(59)83-71)45-51(44-49)48-29-35-54(36-30-48)81-63-21-9-3-15-57(63)75-66(81)39-42-72-78(75)60-18-6-12-24-69(60)84-72/h1-45H. The van der Waals surface area contributed by atoms with Crippen molar-refractivity contribution in [3.8, 4) is 50.4 Å². The largest absolute Gasteiger partial charge is 0.309 e. The molecule has 0 radical (unpaired) electrons. The number of aromatic nitrogens is 3. The third-order valence-corrected chi connectivity index (χ3v) is 21.2. The Balaban J connectivity index is 0.758. The van der Waals surface area contributed by atoms with Crippen LogP contribution in [0, 0.1) is 0 Å². The van der Waals surface area contributed by atoms with Gasteiger partial charge in [0.25, 0.3) is 0 Å². The van der Waals surface area contributed by atoms with Crippen molar-refractivity contribution >= 4 is 160 Å². The SMILES string of the molecule is c1ccc2c(c1)sc1ccc3c(c4ccccc4n3-c3ccc(-c4cc(-c5ccc(-n6c7ccccc7c7c8c(ccc76)sc6ccccc68)cc5)cc(-c5ccc(-n6c7ccccc7c7c8c(ccc76)sc6ccccc68)cc5)c4)cc3)c12. The minimum absolute atomic E-state index is 1.14. The molecule has 390 valence electrons. The van der Waals surface area contributed by atoms with Crippen LogP contribution in [-0.2, 0) is 0 Å². The van der Waals surface area contributed by atoms with E-state index >= 15 is 0 Å². The van der Waals surface area contributed by atoms with E-state index in [2.05, 4.69) is 287 Å². The molecule has 0 N–H and O–H groups in total. The van der Waals surface area contributed by atoms with E-state index in [1.807, 2.05) is 34.0 Å². The molecule has 84 heavy (non-hydrogen) atoms. The Hall–Kier alpha value is -10.1. The summed E-state index contributed by atoms with van der Waals surface area (Å²) in [5.74, 6) is 0. The van der Waals surface area contributed by atoms with Crippen LogP contribution >= 0.6 is 34.0 Å². The van der Waals surface area contributed by atoms with Gasteiger partial charge in [-0.15, -0.1) is 34.0 Å². The highest BCUT2D eigenvalue weighted by molar-refractivity contribution is 7.27. The predicted octanol–water partition coefficient (Wildman–Crippen LogP) is 23.1. The fraction of sp³-hybridized carbons (Fsp3) is 0. The second-order valence-corrected chi connectivity index (χ2v) is 25.5. The zero-order valence-corrected chi connectivity index (χ0v) is 47.5.